The minimum absolute atomic E-state index is 0.105. The summed E-state index contributed by atoms with van der Waals surface area (Å²) in [5.74, 6) is -1.67. The molecule has 3 rings (SSSR count). The van der Waals surface area contributed by atoms with E-state index in [9.17, 15) is 32.7 Å². The molecule has 8 nitrogen and oxygen atoms in total. The summed E-state index contributed by atoms with van der Waals surface area (Å²) >= 11 is 0. The zero-order chi connectivity index (χ0) is 24.7. The summed E-state index contributed by atoms with van der Waals surface area (Å²) < 4.78 is 46.2. The number of hydrogen-bond acceptors (Lipinski definition) is 5. The molecule has 1 N–H and O–H groups in total. The summed E-state index contributed by atoms with van der Waals surface area (Å²) in [5.41, 5.74) is -4.99. The number of carbonyl (C=O) groups is 2. The van der Waals surface area contributed by atoms with Crippen molar-refractivity contribution < 1.29 is 32.6 Å². The van der Waals surface area contributed by atoms with Crippen LogP contribution in [-0.2, 0) is 10.9 Å². The summed E-state index contributed by atoms with van der Waals surface area (Å²) in [6.07, 6.45) is -5.82. The number of aromatic carboxylic acids is 1. The number of para-hydroxylation sites is 1. The number of alkyl halides is 3. The number of hydrogen-bond donors (Lipinski definition) is 1. The number of ether oxygens (including phenoxy) is 1. The molecule has 0 fully saturated rings. The topological polar surface area (TPSA) is 102 Å². The van der Waals surface area contributed by atoms with E-state index < -0.39 is 52.0 Å². The van der Waals surface area contributed by atoms with Gasteiger partial charge in [-0.15, -0.1) is 0 Å². The monoisotopic (exact) mass is 463 g/mol. The van der Waals surface area contributed by atoms with Gasteiger partial charge in [-0.3, -0.25) is 14.3 Å². The van der Waals surface area contributed by atoms with E-state index in [0.717, 1.165) is 15.5 Å². The number of carboxylic acids is 1. The summed E-state index contributed by atoms with van der Waals surface area (Å²) in [7, 11) is 1.17. The maximum atomic E-state index is 13.4. The van der Waals surface area contributed by atoms with Crippen LogP contribution in [0.2, 0.25) is 0 Å². The highest BCUT2D eigenvalue weighted by Crippen LogP contribution is 2.34. The maximum absolute atomic E-state index is 13.4. The lowest BCUT2D eigenvalue weighted by Gasteiger charge is -2.27. The van der Waals surface area contributed by atoms with Gasteiger partial charge in [0.25, 0.3) is 5.56 Å². The van der Waals surface area contributed by atoms with Gasteiger partial charge < -0.3 is 9.84 Å². The van der Waals surface area contributed by atoms with Gasteiger partial charge in [0, 0.05) is 12.4 Å². The van der Waals surface area contributed by atoms with Crippen molar-refractivity contribution in [1.82, 2.24) is 9.55 Å². The number of carbonyl (C=O) groups excluding carboxylic acids is 1. The predicted molar refractivity (Wildman–Crippen MR) is 114 cm³/mol. The summed E-state index contributed by atoms with van der Waals surface area (Å²) in [6.45, 7) is 4.75. The van der Waals surface area contributed by atoms with Gasteiger partial charge in [-0.1, -0.05) is 18.2 Å². The van der Waals surface area contributed by atoms with E-state index in [0.29, 0.717) is 6.07 Å². The molecule has 0 aliphatic carbocycles. The Hall–Kier alpha value is -3.89. The summed E-state index contributed by atoms with van der Waals surface area (Å²) in [6, 6.07) is 9.16. The summed E-state index contributed by atoms with van der Waals surface area (Å²) in [4.78, 5) is 42.5. The molecule has 0 bridgehead atoms. The van der Waals surface area contributed by atoms with Crippen molar-refractivity contribution >= 4 is 28.8 Å². The third-order valence-electron chi connectivity index (χ3n) is 4.52. The second-order valence-corrected chi connectivity index (χ2v) is 8.11. The number of amides is 1. The van der Waals surface area contributed by atoms with E-state index in [-0.39, 0.29) is 11.1 Å². The number of anilines is 1. The van der Waals surface area contributed by atoms with Crippen LogP contribution in [-0.4, -0.2) is 39.4 Å². The number of aromatic nitrogens is 2. The molecule has 0 aliphatic rings. The fourth-order valence-electron chi connectivity index (χ4n) is 3.18. The zero-order valence-corrected chi connectivity index (χ0v) is 18.1. The van der Waals surface area contributed by atoms with E-state index in [1.807, 2.05) is 0 Å². The molecule has 1 amide bonds. The molecule has 0 saturated heterocycles. The SMILES string of the molecule is CN(C(=O)OC(C)(C)C)c1c(C(=O)O)c(=O)n(-c2ccccc2)c2nc(C(F)(F)F)ccc12. The normalized spacial score (nSPS) is 12.0. The lowest BCUT2D eigenvalue weighted by atomic mass is 10.1. The van der Waals surface area contributed by atoms with Gasteiger partial charge in [0.1, 0.15) is 22.5 Å². The second-order valence-electron chi connectivity index (χ2n) is 8.11. The van der Waals surface area contributed by atoms with Crippen molar-refractivity contribution in [2.24, 2.45) is 0 Å². The van der Waals surface area contributed by atoms with Crippen LogP contribution in [0.1, 0.15) is 36.8 Å². The Labute approximate surface area is 185 Å². The molecule has 0 saturated carbocycles. The molecule has 33 heavy (non-hydrogen) atoms. The molecule has 11 heteroatoms. The van der Waals surface area contributed by atoms with Gasteiger partial charge >= 0.3 is 18.2 Å². The molecule has 0 atom stereocenters. The lowest BCUT2D eigenvalue weighted by molar-refractivity contribution is -0.141. The van der Waals surface area contributed by atoms with E-state index in [4.69, 9.17) is 4.74 Å². The van der Waals surface area contributed by atoms with Gasteiger partial charge in [0.2, 0.25) is 0 Å². The zero-order valence-electron chi connectivity index (χ0n) is 18.1. The van der Waals surface area contributed by atoms with E-state index >= 15 is 0 Å². The van der Waals surface area contributed by atoms with Crippen LogP contribution in [0.4, 0.5) is 23.7 Å². The lowest BCUT2D eigenvalue weighted by Crippen LogP contribution is -2.37. The fraction of sp³-hybridized carbons (Fsp3) is 0.273. The molecule has 0 radical (unpaired) electrons. The molecule has 0 unspecified atom stereocenters. The molecule has 2 aromatic heterocycles. The third kappa shape index (κ3) is 4.66. The first-order valence-electron chi connectivity index (χ1n) is 9.65. The smallest absolute Gasteiger partial charge is 0.433 e. The fourth-order valence-corrected chi connectivity index (χ4v) is 3.18. The van der Waals surface area contributed by atoms with E-state index in [1.165, 1.54) is 31.3 Å². The van der Waals surface area contributed by atoms with E-state index in [1.54, 1.807) is 26.8 Å². The van der Waals surface area contributed by atoms with Crippen molar-refractivity contribution in [3.05, 3.63) is 64.1 Å². The van der Waals surface area contributed by atoms with Crippen LogP contribution < -0.4 is 10.5 Å². The van der Waals surface area contributed by atoms with Crippen molar-refractivity contribution in [3.8, 4) is 5.69 Å². The third-order valence-corrected chi connectivity index (χ3v) is 4.52. The Morgan fingerprint density at radius 2 is 1.67 bits per heavy atom. The Balaban J connectivity index is 2.47. The largest absolute Gasteiger partial charge is 0.477 e. The van der Waals surface area contributed by atoms with Crippen molar-refractivity contribution in [2.75, 3.05) is 11.9 Å². The van der Waals surface area contributed by atoms with E-state index in [2.05, 4.69) is 4.98 Å². The van der Waals surface area contributed by atoms with Crippen molar-refractivity contribution in [1.29, 1.82) is 0 Å². The van der Waals surface area contributed by atoms with Crippen LogP contribution in [0.5, 0.6) is 0 Å². The molecule has 0 aliphatic heterocycles. The summed E-state index contributed by atoms with van der Waals surface area (Å²) in [5, 5.41) is 9.68. The second kappa shape index (κ2) is 8.23. The van der Waals surface area contributed by atoms with Crippen LogP contribution in [0.3, 0.4) is 0 Å². The number of nitrogens with zero attached hydrogens (tertiary/aromatic N) is 3. The van der Waals surface area contributed by atoms with Gasteiger partial charge in [-0.25, -0.2) is 14.6 Å². The molecule has 174 valence electrons. The molecular formula is C22H20F3N3O5. The minimum atomic E-state index is -4.82. The first-order valence-corrected chi connectivity index (χ1v) is 9.65. The average molecular weight is 463 g/mol. The first-order chi connectivity index (χ1) is 15.2. The van der Waals surface area contributed by atoms with Crippen molar-refractivity contribution in [2.45, 2.75) is 32.5 Å². The van der Waals surface area contributed by atoms with Crippen LogP contribution >= 0.6 is 0 Å². The molecule has 1 aromatic carbocycles. The van der Waals surface area contributed by atoms with Crippen LogP contribution in [0.15, 0.2) is 47.3 Å². The molecule has 3 aromatic rings. The maximum Gasteiger partial charge on any atom is 0.433 e. The van der Waals surface area contributed by atoms with Crippen LogP contribution in [0.25, 0.3) is 16.7 Å². The molecule has 0 spiro atoms. The molecular weight excluding hydrogens is 443 g/mol. The number of fused-ring (bicyclic) bond motifs is 1. The quantitative estimate of drug-likeness (QED) is 0.615. The minimum Gasteiger partial charge on any atom is -0.477 e. The standard InChI is InChI=1S/C22H20F3N3O5/c1-21(2,3)33-20(32)27(4)16-13-10-11-14(22(23,24)25)26-17(13)28(12-8-6-5-7-9-12)18(29)15(16)19(30)31/h5-11H,1-4H3,(H,30,31). The number of carboxylic acid groups (broad SMARTS) is 1. The van der Waals surface area contributed by atoms with Gasteiger partial charge in [0.15, 0.2) is 0 Å². The molecule has 2 heterocycles. The van der Waals surface area contributed by atoms with Crippen LogP contribution in [0, 0.1) is 0 Å². The Kier molecular flexibility index (Phi) is 5.93. The highest BCUT2D eigenvalue weighted by Gasteiger charge is 2.35. The van der Waals surface area contributed by atoms with Gasteiger partial charge in [-0.05, 0) is 45.0 Å². The number of benzene rings is 1. The predicted octanol–water partition coefficient (Wildman–Crippen LogP) is 4.47. The van der Waals surface area contributed by atoms with Crippen molar-refractivity contribution in [3.63, 3.8) is 0 Å². The number of pyridine rings is 2. The number of halogens is 3. The van der Waals surface area contributed by atoms with Gasteiger partial charge in [0.05, 0.1) is 11.4 Å². The average Bonchev–Trinajstić information content (AvgIpc) is 2.70. The van der Waals surface area contributed by atoms with Gasteiger partial charge in [-0.2, -0.15) is 13.2 Å². The highest BCUT2D eigenvalue weighted by molar-refractivity contribution is 6.09. The Morgan fingerprint density at radius 1 is 1.06 bits per heavy atom. The first kappa shape index (κ1) is 23.8. The highest BCUT2D eigenvalue weighted by atomic mass is 19.4. The Bertz CT molecular complexity index is 1300. The Morgan fingerprint density at radius 3 is 2.18 bits per heavy atom. The number of rotatable bonds is 3.